The third-order valence-electron chi connectivity index (χ3n) is 5.20. The number of hydrogen-bond donors (Lipinski definition) is 1. The fourth-order valence-corrected chi connectivity index (χ4v) is 3.81. The van der Waals surface area contributed by atoms with Crippen LogP contribution in [0.4, 0.5) is 5.69 Å². The van der Waals surface area contributed by atoms with Crippen LogP contribution in [-0.4, -0.2) is 25.0 Å². The van der Waals surface area contributed by atoms with Gasteiger partial charge in [0.2, 0.25) is 0 Å². The molecule has 1 N–H and O–H groups in total. The van der Waals surface area contributed by atoms with Crippen molar-refractivity contribution in [1.82, 2.24) is 0 Å². The summed E-state index contributed by atoms with van der Waals surface area (Å²) in [7, 11) is 1.41. The number of rotatable bonds is 18. The minimum absolute atomic E-state index is 0.285. The second kappa shape index (κ2) is 18.0. The summed E-state index contributed by atoms with van der Waals surface area (Å²) >= 11 is 3.49. The Labute approximate surface area is 181 Å². The molecule has 1 aromatic carbocycles. The van der Waals surface area contributed by atoms with E-state index in [4.69, 9.17) is 4.74 Å². The Morgan fingerprint density at radius 3 is 1.61 bits per heavy atom. The molecular formula is C24H40BrNO2. The van der Waals surface area contributed by atoms with Crippen molar-refractivity contribution in [3.63, 3.8) is 0 Å². The van der Waals surface area contributed by atoms with Gasteiger partial charge in [0.1, 0.15) is 0 Å². The molecular weight excluding hydrogens is 414 g/mol. The van der Waals surface area contributed by atoms with Crippen LogP contribution in [-0.2, 0) is 4.74 Å². The van der Waals surface area contributed by atoms with Gasteiger partial charge in [0.05, 0.1) is 12.7 Å². The van der Waals surface area contributed by atoms with Crippen LogP contribution in [0, 0.1) is 0 Å². The molecule has 0 unspecified atom stereocenters. The van der Waals surface area contributed by atoms with E-state index in [1.807, 2.05) is 12.1 Å². The minimum atomic E-state index is -0.285. The van der Waals surface area contributed by atoms with Crippen LogP contribution in [0.2, 0.25) is 0 Å². The zero-order valence-corrected chi connectivity index (χ0v) is 19.4. The van der Waals surface area contributed by atoms with E-state index in [1.165, 1.54) is 97.0 Å². The number of halogens is 1. The Bertz CT molecular complexity index is 490. The smallest absolute Gasteiger partial charge is 0.337 e. The first kappa shape index (κ1) is 25.0. The summed E-state index contributed by atoms with van der Waals surface area (Å²) in [6.07, 6.45) is 19.3. The van der Waals surface area contributed by atoms with Crippen LogP contribution in [0.5, 0.6) is 0 Å². The Hall–Kier alpha value is -1.03. The van der Waals surface area contributed by atoms with Crippen molar-refractivity contribution in [2.24, 2.45) is 0 Å². The molecule has 0 saturated carbocycles. The number of carbonyl (C=O) groups excluding carboxylic acids is 1. The summed E-state index contributed by atoms with van der Waals surface area (Å²) < 4.78 is 4.71. The van der Waals surface area contributed by atoms with E-state index in [0.717, 1.165) is 17.6 Å². The quantitative estimate of drug-likeness (QED) is 0.140. The number of nitrogens with one attached hydrogen (secondary N) is 1. The normalized spacial score (nSPS) is 10.8. The van der Waals surface area contributed by atoms with Gasteiger partial charge in [0, 0.05) is 17.6 Å². The molecule has 0 radical (unpaired) electrons. The predicted octanol–water partition coefficient (Wildman–Crippen LogP) is 7.74. The average molecular weight is 454 g/mol. The largest absolute Gasteiger partial charge is 0.465 e. The van der Waals surface area contributed by atoms with E-state index in [2.05, 4.69) is 21.2 Å². The highest BCUT2D eigenvalue weighted by atomic mass is 79.9. The molecule has 1 aromatic rings. The SMILES string of the molecule is COC(=O)c1ccc(NCCCCCCCCCCCCCCCCBr)cc1. The summed E-state index contributed by atoms with van der Waals surface area (Å²) in [5, 5.41) is 4.58. The van der Waals surface area contributed by atoms with E-state index in [1.54, 1.807) is 12.1 Å². The molecule has 0 aliphatic heterocycles. The van der Waals surface area contributed by atoms with Gasteiger partial charge in [-0.05, 0) is 37.1 Å². The van der Waals surface area contributed by atoms with Crippen LogP contribution >= 0.6 is 15.9 Å². The van der Waals surface area contributed by atoms with Crippen molar-refractivity contribution in [2.75, 3.05) is 24.3 Å². The van der Waals surface area contributed by atoms with Crippen molar-refractivity contribution in [2.45, 2.75) is 89.9 Å². The van der Waals surface area contributed by atoms with Crippen LogP contribution in [0.1, 0.15) is 100 Å². The van der Waals surface area contributed by atoms with E-state index in [-0.39, 0.29) is 5.97 Å². The van der Waals surface area contributed by atoms with E-state index >= 15 is 0 Å². The highest BCUT2D eigenvalue weighted by Gasteiger charge is 2.03. The summed E-state index contributed by atoms with van der Waals surface area (Å²) in [5.74, 6) is -0.285. The highest BCUT2D eigenvalue weighted by Crippen LogP contribution is 2.14. The zero-order chi connectivity index (χ0) is 20.3. The van der Waals surface area contributed by atoms with Gasteiger partial charge < -0.3 is 10.1 Å². The first-order valence-corrected chi connectivity index (χ1v) is 12.4. The predicted molar refractivity (Wildman–Crippen MR) is 125 cm³/mol. The maximum Gasteiger partial charge on any atom is 0.337 e. The summed E-state index contributed by atoms with van der Waals surface area (Å²) in [6.45, 7) is 0.993. The van der Waals surface area contributed by atoms with E-state index in [0.29, 0.717) is 5.56 Å². The fraction of sp³-hybridized carbons (Fsp3) is 0.708. The molecule has 1 rings (SSSR count). The Morgan fingerprint density at radius 2 is 1.18 bits per heavy atom. The van der Waals surface area contributed by atoms with Gasteiger partial charge in [-0.3, -0.25) is 0 Å². The number of unbranched alkanes of at least 4 members (excludes halogenated alkanes) is 13. The van der Waals surface area contributed by atoms with Gasteiger partial charge in [0.15, 0.2) is 0 Å². The average Bonchev–Trinajstić information content (AvgIpc) is 2.73. The monoisotopic (exact) mass is 453 g/mol. The molecule has 0 fully saturated rings. The van der Waals surface area contributed by atoms with Crippen LogP contribution in [0.15, 0.2) is 24.3 Å². The van der Waals surface area contributed by atoms with Gasteiger partial charge in [-0.2, -0.15) is 0 Å². The van der Waals surface area contributed by atoms with E-state index in [9.17, 15) is 4.79 Å². The van der Waals surface area contributed by atoms with Gasteiger partial charge in [-0.15, -0.1) is 0 Å². The molecule has 0 bridgehead atoms. The molecule has 0 amide bonds. The zero-order valence-electron chi connectivity index (χ0n) is 17.8. The second-order valence-electron chi connectivity index (χ2n) is 7.63. The first-order chi connectivity index (χ1) is 13.8. The van der Waals surface area contributed by atoms with Gasteiger partial charge in [-0.25, -0.2) is 4.79 Å². The maximum atomic E-state index is 11.4. The third kappa shape index (κ3) is 13.2. The van der Waals surface area contributed by atoms with E-state index < -0.39 is 0 Å². The number of carbonyl (C=O) groups is 1. The highest BCUT2D eigenvalue weighted by molar-refractivity contribution is 9.09. The van der Waals surface area contributed by atoms with Crippen LogP contribution in [0.25, 0.3) is 0 Å². The molecule has 0 aromatic heterocycles. The lowest BCUT2D eigenvalue weighted by molar-refractivity contribution is 0.0601. The van der Waals surface area contributed by atoms with Crippen LogP contribution in [0.3, 0.4) is 0 Å². The minimum Gasteiger partial charge on any atom is -0.465 e. The van der Waals surface area contributed by atoms with Crippen molar-refractivity contribution in [3.05, 3.63) is 29.8 Å². The maximum absolute atomic E-state index is 11.4. The topological polar surface area (TPSA) is 38.3 Å². The molecule has 0 spiro atoms. The van der Waals surface area contributed by atoms with Crippen molar-refractivity contribution >= 4 is 27.6 Å². The number of ether oxygens (including phenoxy) is 1. The molecule has 160 valence electrons. The number of esters is 1. The molecule has 3 nitrogen and oxygen atoms in total. The van der Waals surface area contributed by atoms with Crippen molar-refractivity contribution in [1.29, 1.82) is 0 Å². The number of benzene rings is 1. The second-order valence-corrected chi connectivity index (χ2v) is 8.43. The van der Waals surface area contributed by atoms with Crippen LogP contribution < -0.4 is 5.32 Å². The van der Waals surface area contributed by atoms with Gasteiger partial charge in [-0.1, -0.05) is 93.0 Å². The molecule has 4 heteroatoms. The molecule has 0 saturated heterocycles. The lowest BCUT2D eigenvalue weighted by Gasteiger charge is -2.07. The lowest BCUT2D eigenvalue weighted by Crippen LogP contribution is -2.03. The third-order valence-corrected chi connectivity index (χ3v) is 5.76. The molecule has 0 atom stereocenters. The Balaban J connectivity index is 1.84. The summed E-state index contributed by atoms with van der Waals surface area (Å²) in [4.78, 5) is 11.4. The summed E-state index contributed by atoms with van der Waals surface area (Å²) in [5.41, 5.74) is 1.66. The number of alkyl halides is 1. The van der Waals surface area contributed by atoms with Crippen molar-refractivity contribution < 1.29 is 9.53 Å². The molecule has 0 heterocycles. The molecule has 0 aliphatic rings. The fourth-order valence-electron chi connectivity index (χ4n) is 3.42. The molecule has 0 aliphatic carbocycles. The number of anilines is 1. The van der Waals surface area contributed by atoms with Crippen molar-refractivity contribution in [3.8, 4) is 0 Å². The van der Waals surface area contributed by atoms with Gasteiger partial charge >= 0.3 is 5.97 Å². The Morgan fingerprint density at radius 1 is 0.750 bits per heavy atom. The Kier molecular flexibility index (Phi) is 16.1. The van der Waals surface area contributed by atoms with Gasteiger partial charge in [0.25, 0.3) is 0 Å². The number of hydrogen-bond acceptors (Lipinski definition) is 3. The lowest BCUT2D eigenvalue weighted by atomic mass is 10.0. The molecule has 28 heavy (non-hydrogen) atoms. The first-order valence-electron chi connectivity index (χ1n) is 11.3. The standard InChI is InChI=1S/C24H40BrNO2/c1-28-24(27)22-16-18-23(19-17-22)26-21-15-13-11-9-7-5-3-2-4-6-8-10-12-14-20-25/h16-19,26H,2-15,20-21H2,1H3. The summed E-state index contributed by atoms with van der Waals surface area (Å²) in [6, 6.07) is 7.49. The number of methoxy groups -OCH3 is 1.